The zero-order chi connectivity index (χ0) is 19.6. The summed E-state index contributed by atoms with van der Waals surface area (Å²) in [6.07, 6.45) is 4.36. The normalized spacial score (nSPS) is 17.3. The summed E-state index contributed by atoms with van der Waals surface area (Å²) >= 11 is 0. The molecule has 0 saturated carbocycles. The first-order chi connectivity index (χ1) is 12.8. The van der Waals surface area contributed by atoms with Crippen molar-refractivity contribution in [2.45, 2.75) is 46.0 Å². The van der Waals surface area contributed by atoms with E-state index in [4.69, 9.17) is 9.84 Å². The standard InChI is InChI=1S/C13H16O2.C10H10O2/c1-13(2)7-6-9-8-10(15-3)4-5-11(9)12(13)14;11-8-4-5-9-7(6-8)2-1-3-10(9)12/h4-5,8H,6-7H2,1-3H3;4-6,11H,1-3H2. The van der Waals surface area contributed by atoms with Gasteiger partial charge in [0.25, 0.3) is 0 Å². The number of Topliss-reactive ketones (excluding diaryl/α,β-unsaturated/α-hetero) is 2. The molecule has 1 N–H and O–H groups in total. The summed E-state index contributed by atoms with van der Waals surface area (Å²) in [6.45, 7) is 4.03. The molecule has 2 aliphatic rings. The van der Waals surface area contributed by atoms with E-state index in [1.54, 1.807) is 25.3 Å². The lowest BCUT2D eigenvalue weighted by Crippen LogP contribution is -2.30. The molecule has 0 aromatic heterocycles. The van der Waals surface area contributed by atoms with Gasteiger partial charge in [-0.2, -0.15) is 0 Å². The Balaban J connectivity index is 0.000000159. The van der Waals surface area contributed by atoms with Crippen molar-refractivity contribution in [2.75, 3.05) is 7.11 Å². The van der Waals surface area contributed by atoms with Gasteiger partial charge in [-0.05, 0) is 73.2 Å². The molecule has 4 nitrogen and oxygen atoms in total. The lowest BCUT2D eigenvalue weighted by molar-refractivity contribution is 0.0810. The van der Waals surface area contributed by atoms with E-state index in [9.17, 15) is 9.59 Å². The van der Waals surface area contributed by atoms with Gasteiger partial charge in [-0.25, -0.2) is 0 Å². The average molecular weight is 366 g/mol. The third-order valence-corrected chi connectivity index (χ3v) is 5.43. The molecule has 0 fully saturated rings. The highest BCUT2D eigenvalue weighted by atomic mass is 16.5. The Hall–Kier alpha value is -2.62. The summed E-state index contributed by atoms with van der Waals surface area (Å²) in [6, 6.07) is 10.7. The molecule has 4 rings (SSSR count). The lowest BCUT2D eigenvalue weighted by atomic mass is 9.73. The van der Waals surface area contributed by atoms with Crippen LogP contribution >= 0.6 is 0 Å². The van der Waals surface area contributed by atoms with Crippen molar-refractivity contribution in [2.24, 2.45) is 5.41 Å². The minimum Gasteiger partial charge on any atom is -0.508 e. The van der Waals surface area contributed by atoms with E-state index < -0.39 is 0 Å². The number of aryl methyl sites for hydroxylation is 2. The van der Waals surface area contributed by atoms with Crippen LogP contribution in [0.2, 0.25) is 0 Å². The smallest absolute Gasteiger partial charge is 0.168 e. The number of ketones is 2. The molecule has 0 aliphatic heterocycles. The van der Waals surface area contributed by atoms with E-state index in [0.717, 1.165) is 53.7 Å². The summed E-state index contributed by atoms with van der Waals surface area (Å²) in [7, 11) is 1.65. The van der Waals surface area contributed by atoms with E-state index in [0.29, 0.717) is 6.42 Å². The molecule has 0 unspecified atom stereocenters. The van der Waals surface area contributed by atoms with Crippen LogP contribution in [0, 0.1) is 5.41 Å². The van der Waals surface area contributed by atoms with Crippen LogP contribution in [0.4, 0.5) is 0 Å². The Morgan fingerprint density at radius 2 is 1.63 bits per heavy atom. The van der Waals surface area contributed by atoms with Gasteiger partial charge >= 0.3 is 0 Å². The van der Waals surface area contributed by atoms with Gasteiger partial charge in [0, 0.05) is 23.0 Å². The van der Waals surface area contributed by atoms with Crippen LogP contribution in [-0.4, -0.2) is 23.8 Å². The molecule has 0 spiro atoms. The number of hydrogen-bond donors (Lipinski definition) is 1. The molecule has 2 aromatic rings. The number of carbonyl (C=O) groups is 2. The maximum Gasteiger partial charge on any atom is 0.168 e. The maximum absolute atomic E-state index is 12.1. The highest BCUT2D eigenvalue weighted by Gasteiger charge is 2.34. The number of phenolic OH excluding ortho intramolecular Hbond substituents is 1. The summed E-state index contributed by atoms with van der Waals surface area (Å²) in [5, 5.41) is 9.16. The van der Waals surface area contributed by atoms with Gasteiger partial charge in [0.05, 0.1) is 7.11 Å². The second-order valence-corrected chi connectivity index (χ2v) is 7.85. The van der Waals surface area contributed by atoms with Gasteiger partial charge in [-0.1, -0.05) is 13.8 Å². The fourth-order valence-corrected chi connectivity index (χ4v) is 3.68. The van der Waals surface area contributed by atoms with Crippen molar-refractivity contribution in [3.05, 3.63) is 58.7 Å². The van der Waals surface area contributed by atoms with Crippen LogP contribution in [0.25, 0.3) is 0 Å². The third kappa shape index (κ3) is 4.05. The quantitative estimate of drug-likeness (QED) is 0.790. The number of ether oxygens (including phenoxy) is 1. The second kappa shape index (κ2) is 7.55. The van der Waals surface area contributed by atoms with E-state index in [1.165, 1.54) is 0 Å². The molecule has 2 aliphatic carbocycles. The zero-order valence-corrected chi connectivity index (χ0v) is 16.2. The van der Waals surface area contributed by atoms with Crippen LogP contribution < -0.4 is 4.74 Å². The molecule has 0 heterocycles. The summed E-state index contributed by atoms with van der Waals surface area (Å²) in [5.74, 6) is 1.55. The van der Waals surface area contributed by atoms with Crippen LogP contribution in [-0.2, 0) is 12.8 Å². The topological polar surface area (TPSA) is 63.6 Å². The Morgan fingerprint density at radius 3 is 2.37 bits per heavy atom. The lowest BCUT2D eigenvalue weighted by Gasteiger charge is -2.29. The minimum absolute atomic E-state index is 0.205. The Labute approximate surface area is 160 Å². The van der Waals surface area contributed by atoms with Crippen molar-refractivity contribution in [3.8, 4) is 11.5 Å². The number of aromatic hydroxyl groups is 1. The largest absolute Gasteiger partial charge is 0.508 e. The van der Waals surface area contributed by atoms with Gasteiger partial charge in [0.2, 0.25) is 0 Å². The van der Waals surface area contributed by atoms with Crippen molar-refractivity contribution >= 4 is 11.6 Å². The molecule has 2 aromatic carbocycles. The minimum atomic E-state index is -0.207. The summed E-state index contributed by atoms with van der Waals surface area (Å²) < 4.78 is 5.16. The molecule has 0 radical (unpaired) electrons. The van der Waals surface area contributed by atoms with Gasteiger partial charge < -0.3 is 9.84 Å². The monoisotopic (exact) mass is 366 g/mol. The number of benzene rings is 2. The third-order valence-electron chi connectivity index (χ3n) is 5.43. The van der Waals surface area contributed by atoms with Crippen molar-refractivity contribution in [3.63, 3.8) is 0 Å². The summed E-state index contributed by atoms with van der Waals surface area (Å²) in [4.78, 5) is 23.4. The Bertz CT molecular complexity index is 880. The maximum atomic E-state index is 12.1. The van der Waals surface area contributed by atoms with Gasteiger partial charge in [-0.15, -0.1) is 0 Å². The zero-order valence-electron chi connectivity index (χ0n) is 16.2. The van der Waals surface area contributed by atoms with Crippen LogP contribution in [0.15, 0.2) is 36.4 Å². The molecule has 0 saturated heterocycles. The molecule has 142 valence electrons. The number of phenols is 1. The number of rotatable bonds is 1. The number of fused-ring (bicyclic) bond motifs is 2. The number of carbonyl (C=O) groups excluding carboxylic acids is 2. The van der Waals surface area contributed by atoms with Crippen molar-refractivity contribution in [1.82, 2.24) is 0 Å². The second-order valence-electron chi connectivity index (χ2n) is 7.85. The molecule has 27 heavy (non-hydrogen) atoms. The molecular formula is C23H26O4. The first kappa shape index (κ1) is 19.2. The number of methoxy groups -OCH3 is 1. The van der Waals surface area contributed by atoms with Crippen LogP contribution in [0.5, 0.6) is 11.5 Å². The van der Waals surface area contributed by atoms with Gasteiger partial charge in [0.15, 0.2) is 11.6 Å². The predicted octanol–water partition coefficient (Wildman–Crippen LogP) is 4.76. The SMILES string of the molecule is COc1ccc2c(c1)CCC(C)(C)C2=O.O=C1CCCc2cc(O)ccc21. The molecule has 0 atom stereocenters. The Morgan fingerprint density at radius 1 is 0.926 bits per heavy atom. The number of hydrogen-bond acceptors (Lipinski definition) is 4. The van der Waals surface area contributed by atoms with E-state index in [2.05, 4.69) is 0 Å². The average Bonchev–Trinajstić information content (AvgIpc) is 2.65. The predicted molar refractivity (Wildman–Crippen MR) is 105 cm³/mol. The molecule has 4 heteroatoms. The first-order valence-corrected chi connectivity index (χ1v) is 9.38. The van der Waals surface area contributed by atoms with Crippen LogP contribution in [0.1, 0.15) is 65.0 Å². The van der Waals surface area contributed by atoms with Gasteiger partial charge in [0.1, 0.15) is 11.5 Å². The highest BCUT2D eigenvalue weighted by Crippen LogP contribution is 2.35. The molecule has 0 amide bonds. The van der Waals surface area contributed by atoms with Crippen molar-refractivity contribution in [1.29, 1.82) is 0 Å². The van der Waals surface area contributed by atoms with Gasteiger partial charge in [-0.3, -0.25) is 9.59 Å². The fraction of sp³-hybridized carbons (Fsp3) is 0.391. The molecular weight excluding hydrogens is 340 g/mol. The molecule has 0 bridgehead atoms. The van der Waals surface area contributed by atoms with Crippen LogP contribution in [0.3, 0.4) is 0 Å². The highest BCUT2D eigenvalue weighted by molar-refractivity contribution is 6.02. The van der Waals surface area contributed by atoms with E-state index >= 15 is 0 Å². The van der Waals surface area contributed by atoms with E-state index in [1.807, 2.05) is 32.0 Å². The first-order valence-electron chi connectivity index (χ1n) is 9.38. The summed E-state index contributed by atoms with van der Waals surface area (Å²) in [5.41, 5.74) is 3.57. The fourth-order valence-electron chi connectivity index (χ4n) is 3.68. The van der Waals surface area contributed by atoms with Crippen molar-refractivity contribution < 1.29 is 19.4 Å². The van der Waals surface area contributed by atoms with E-state index in [-0.39, 0.29) is 22.7 Å². The Kier molecular flexibility index (Phi) is 5.36.